The van der Waals surface area contributed by atoms with Gasteiger partial charge in [0.25, 0.3) is 5.91 Å². The summed E-state index contributed by atoms with van der Waals surface area (Å²) in [5.41, 5.74) is 4.25. The number of rotatable bonds is 14. The van der Waals surface area contributed by atoms with Crippen LogP contribution in [0, 0.1) is 87.3 Å². The highest BCUT2D eigenvalue weighted by Gasteiger charge is 2.68. The molecule has 0 radical (unpaired) electrons. The van der Waals surface area contributed by atoms with E-state index in [1.54, 1.807) is 40.2 Å². The molecule has 8 saturated carbocycles. The maximum Gasteiger partial charge on any atom is 0.326 e. The first-order valence-electron chi connectivity index (χ1n) is 43.1. The number of carboxylic acids is 1. The Balaban J connectivity index is 0.000000191. The van der Waals surface area contributed by atoms with Crippen LogP contribution in [0.15, 0.2) is 36.4 Å². The number of carbonyl (C=O) groups is 8. The van der Waals surface area contributed by atoms with Gasteiger partial charge >= 0.3 is 17.9 Å². The van der Waals surface area contributed by atoms with Crippen molar-refractivity contribution < 1.29 is 106 Å². The lowest BCUT2D eigenvalue weighted by atomic mass is 9.77. The fraction of sp³-hybridized carbons (Fsp3) is 0.727. The predicted octanol–water partition coefficient (Wildman–Crippen LogP) is 12.3. The minimum atomic E-state index is -4.20. The van der Waals surface area contributed by atoms with Crippen molar-refractivity contribution in [3.63, 3.8) is 0 Å². The highest BCUT2D eigenvalue weighted by molar-refractivity contribution is 7.92. The van der Waals surface area contributed by atoms with Crippen LogP contribution >= 0.6 is 12.4 Å². The summed E-state index contributed by atoms with van der Waals surface area (Å²) in [6.07, 6.45) is 5.35. The molecule has 16 rings (SSSR count). The highest BCUT2D eigenvalue weighted by Crippen LogP contribution is 2.62. The number of alkyl halides is 4. The van der Waals surface area contributed by atoms with E-state index >= 15 is 4.79 Å². The minimum absolute atomic E-state index is 0. The number of ether oxygens (including phenoxy) is 6. The number of methoxy groups -OCH3 is 2. The molecule has 4 aromatic rings. The van der Waals surface area contributed by atoms with Crippen molar-refractivity contribution in [2.45, 2.75) is 289 Å². The molecule has 2 saturated heterocycles. The SMILES string of the molecule is C.CC1(S(=O)(=O)NC(=O)[C@@]2(N)C[C@H]2C(F)F)CC1.COc1ccc2nc3c(nc2c1)O[C@H]1CN(C(=O)[C@H](C(C)(C)C)CC(=O)O[C@@H]2C[C@@H]4C[C@@H]4[C@H]2CCCCC3)[C@H](C(=O)C[C@]2(C(=O)NS(=O)(=O)C3(C)CC3)C[C@H]2C(F)F)[C@@H]1C.COc1ccc2nc3c(nc2c1)O[C@H]1CN(C(=O)[C@H](C(C)(C)C)CC(=O)O[C@@H]2C[C@@H]4C[C@@H]4[C@H]2CCCCC3)[C@H](C(=O)O)[C@@H]1C.Cl. The number of sulfonamides is 2. The lowest BCUT2D eigenvalue weighted by Gasteiger charge is -2.35. The van der Waals surface area contributed by atoms with Crippen LogP contribution in [0.3, 0.4) is 0 Å². The van der Waals surface area contributed by atoms with Crippen LogP contribution in [0.5, 0.6) is 23.3 Å². The highest BCUT2D eigenvalue weighted by atomic mass is 35.5. The molecule has 0 unspecified atom stereocenters. The van der Waals surface area contributed by atoms with Gasteiger partial charge in [0, 0.05) is 42.2 Å². The van der Waals surface area contributed by atoms with E-state index in [0.717, 1.165) is 81.8 Å². The van der Waals surface area contributed by atoms with E-state index in [0.29, 0.717) is 108 Å². The Morgan fingerprint density at radius 2 is 0.984 bits per heavy atom. The molecule has 20 atom stereocenters. The van der Waals surface area contributed by atoms with Crippen LogP contribution in [0.4, 0.5) is 17.6 Å². The largest absolute Gasteiger partial charge is 0.497 e. The normalized spacial score (nSPS) is 33.1. The molecule has 2 aromatic carbocycles. The number of fused-ring (bicyclic) bond motifs is 14. The number of halogens is 5. The number of amides is 4. The first kappa shape index (κ1) is 94.3. The molecule has 10 fully saturated rings. The average Bonchev–Trinajstić information content (AvgIpc) is 1.56. The molecule has 2 aromatic heterocycles. The van der Waals surface area contributed by atoms with Gasteiger partial charge in [-0.3, -0.25) is 43.0 Å². The zero-order chi connectivity index (χ0) is 87.5. The van der Waals surface area contributed by atoms with E-state index in [1.165, 1.54) is 30.1 Å². The lowest BCUT2D eigenvalue weighted by Crippen LogP contribution is -2.50. The van der Waals surface area contributed by atoms with Gasteiger partial charge in [-0.05, 0) is 187 Å². The average molecular weight is 1790 g/mol. The zero-order valence-electron chi connectivity index (χ0n) is 71.5. The summed E-state index contributed by atoms with van der Waals surface area (Å²) in [7, 11) is -4.85. The van der Waals surface area contributed by atoms with Crippen LogP contribution in [0.1, 0.15) is 223 Å². The van der Waals surface area contributed by atoms with Gasteiger partial charge in [-0.25, -0.2) is 59.1 Å². The number of Topliss-reactive ketones (excluding diaryl/α,β-unsaturated/α-hetero) is 1. The Morgan fingerprint density at radius 1 is 0.569 bits per heavy atom. The second-order valence-electron chi connectivity index (χ2n) is 39.4. The second kappa shape index (κ2) is 35.4. The third-order valence-corrected chi connectivity index (χ3v) is 33.2. The first-order valence-corrected chi connectivity index (χ1v) is 46.1. The number of nitrogens with zero attached hydrogens (tertiary/aromatic N) is 6. The van der Waals surface area contributed by atoms with Crippen LogP contribution in [-0.4, -0.2) is 191 Å². The number of aryl methyl sites for hydroxylation is 2. The summed E-state index contributed by atoms with van der Waals surface area (Å²) in [6.45, 7) is 17.7. The fourth-order valence-electron chi connectivity index (χ4n) is 19.8. The Bertz CT molecular complexity index is 4960. The molecular weight excluding hydrogens is 1660 g/mol. The Morgan fingerprint density at radius 3 is 1.37 bits per heavy atom. The summed E-state index contributed by atoms with van der Waals surface area (Å²) in [5, 5.41) is 10.3. The number of aliphatic carboxylic acids is 1. The molecule has 5 N–H and O–H groups in total. The number of esters is 2. The number of benzene rings is 2. The number of carbonyl (C=O) groups excluding carboxylic acids is 7. The molecule has 0 spiro atoms. The van der Waals surface area contributed by atoms with Crippen LogP contribution < -0.4 is 34.1 Å². The predicted molar refractivity (Wildman–Crippen MR) is 447 cm³/mol. The summed E-state index contributed by atoms with van der Waals surface area (Å²) in [5.74, 6) is -6.55. The van der Waals surface area contributed by atoms with Gasteiger partial charge in [0.15, 0.2) is 5.78 Å². The molecule has 12 aliphatic rings. The third kappa shape index (κ3) is 19.5. The van der Waals surface area contributed by atoms with E-state index in [-0.39, 0.29) is 94.5 Å². The topological polar surface area (TPSA) is 389 Å². The van der Waals surface area contributed by atoms with Crippen LogP contribution in [-0.2, 0) is 80.7 Å². The molecular formula is C88H122ClF4N9O19S2. The Kier molecular flexibility index (Phi) is 27.1. The van der Waals surface area contributed by atoms with E-state index in [1.807, 2.05) is 75.3 Å². The Hall–Kier alpha value is -7.85. The van der Waals surface area contributed by atoms with E-state index in [2.05, 4.69) is 0 Å². The molecule has 35 heteroatoms. The monoisotopic (exact) mass is 1780 g/mol. The second-order valence-corrected chi connectivity index (χ2v) is 43.8. The molecule has 4 aliphatic heterocycles. The quantitative estimate of drug-likeness (QED) is 0.0673. The van der Waals surface area contributed by atoms with Gasteiger partial charge in [-0.2, -0.15) is 0 Å². The molecule has 28 nitrogen and oxygen atoms in total. The molecule has 8 aliphatic carbocycles. The molecule has 4 bridgehead atoms. The van der Waals surface area contributed by atoms with Crippen LogP contribution in [0.25, 0.3) is 22.1 Å². The number of nitrogens with one attached hydrogen (secondary N) is 2. The fourth-order valence-corrected chi connectivity index (χ4v) is 22.5. The number of hydrogen-bond acceptors (Lipinski definition) is 23. The van der Waals surface area contributed by atoms with Gasteiger partial charge in [0.1, 0.15) is 58.9 Å². The Labute approximate surface area is 723 Å². The van der Waals surface area contributed by atoms with Crippen molar-refractivity contribution in [3.05, 3.63) is 47.8 Å². The molecule has 680 valence electrons. The van der Waals surface area contributed by atoms with Crippen molar-refractivity contribution >= 4 is 102 Å². The van der Waals surface area contributed by atoms with Crippen molar-refractivity contribution in [1.29, 1.82) is 0 Å². The van der Waals surface area contributed by atoms with Gasteiger partial charge in [0.2, 0.25) is 62.4 Å². The van der Waals surface area contributed by atoms with Gasteiger partial charge in [-0.1, -0.05) is 88.5 Å². The number of nitrogens with two attached hydrogens (primary N) is 1. The summed E-state index contributed by atoms with van der Waals surface area (Å²) < 4.78 is 141. The number of carboxylic acid groups (broad SMARTS) is 1. The number of hydrogen-bond donors (Lipinski definition) is 4. The molecule has 4 amide bonds. The maximum atomic E-state index is 15.0. The molecule has 123 heavy (non-hydrogen) atoms. The number of ketones is 1. The first-order chi connectivity index (χ1) is 56.8. The van der Waals surface area contributed by atoms with Crippen molar-refractivity contribution in [2.24, 2.45) is 93.0 Å². The minimum Gasteiger partial charge on any atom is -0.497 e. The van der Waals surface area contributed by atoms with E-state index in [4.69, 9.17) is 54.1 Å². The van der Waals surface area contributed by atoms with E-state index < -0.39 is 166 Å². The molecule has 6 heterocycles. The standard InChI is InChI=1S/C44H58F2N4O9S.C34H45N3O7.C9H14F2N2O3S.CH4.ClH/c1-23-35-22-50(37(23)33(51)21-44(20-29(44)38(45)46)41(54)49-60(55,56)43(5)14-15-43)40(53)28(42(2,3)4)19-36(52)58-34-17-24-16-27(24)26(34)10-8-7-9-11-31-39(59-35)48-32-18-25(57-6)12-13-30(32)47-31;1-18-28-17-37(30(18)33(40)41)32(39)23(34(2,3)4)16-29(38)43-27-14-19-13-22(19)21(27)9-7-6-8-10-25-31(44-28)36-26-15-20(42-5)11-12-24(26)35-25;1-8(2-3-8)17(15,16)13-7(14)9(12)4-5(9)6(10)11;;/h12-13,18,23-24,26-29,34-35,37-38H,7-11,14-17,19-22H2,1-6H3,(H,49,54);11-12,15,18-19,21-23,27-28,30H,6-10,13-14,16-17H2,1-5H3,(H,40,41);5-6H,2-4,12H2,1H3,(H,13,14);1H4;1H/t23-,24+,26-,27+,28-,29+,34-,35+,37+,44-;18-,19+,21-,22+,23-,27-,28+,30+;5-,9+;;/m110../s1. The van der Waals surface area contributed by atoms with Gasteiger partial charge < -0.3 is 49.1 Å². The van der Waals surface area contributed by atoms with E-state index in [9.17, 15) is 73.1 Å². The van der Waals surface area contributed by atoms with Gasteiger partial charge in [0.05, 0.1) is 95.0 Å². The van der Waals surface area contributed by atoms with Crippen LogP contribution in [0.2, 0.25) is 0 Å². The summed E-state index contributed by atoms with van der Waals surface area (Å²) >= 11 is 0. The zero-order valence-corrected chi connectivity index (χ0v) is 73.9. The maximum absolute atomic E-state index is 15.0. The number of aromatic nitrogens is 4. The smallest absolute Gasteiger partial charge is 0.326 e. The van der Waals surface area contributed by atoms with Crippen molar-refractivity contribution in [2.75, 3.05) is 27.3 Å². The van der Waals surface area contributed by atoms with Gasteiger partial charge in [-0.15, -0.1) is 12.4 Å². The third-order valence-electron chi connectivity index (χ3n) is 28.9. The van der Waals surface area contributed by atoms with Crippen molar-refractivity contribution in [3.8, 4) is 23.3 Å². The van der Waals surface area contributed by atoms with Crippen molar-refractivity contribution in [1.82, 2.24) is 39.2 Å². The lowest BCUT2D eigenvalue weighted by molar-refractivity contribution is -0.160. The summed E-state index contributed by atoms with van der Waals surface area (Å²) in [4.78, 5) is 131. The summed E-state index contributed by atoms with van der Waals surface area (Å²) in [6, 6.07) is 8.57.